The summed E-state index contributed by atoms with van der Waals surface area (Å²) in [5.74, 6) is -0.857. The smallest absolute Gasteiger partial charge is 0.316 e. The Kier molecular flexibility index (Phi) is 2.57. The number of ether oxygens (including phenoxy) is 3. The maximum absolute atomic E-state index is 12.6. The number of hydrogen-bond donors (Lipinski definition) is 0. The summed E-state index contributed by atoms with van der Waals surface area (Å²) in [6, 6.07) is 0. The van der Waals surface area contributed by atoms with E-state index in [2.05, 4.69) is 0 Å². The molecule has 22 heavy (non-hydrogen) atoms. The molecule has 5 aliphatic rings. The molecule has 5 atom stereocenters. The van der Waals surface area contributed by atoms with Gasteiger partial charge in [-0.05, 0) is 31.6 Å². The minimum absolute atomic E-state index is 0.0336. The van der Waals surface area contributed by atoms with E-state index < -0.39 is 22.6 Å². The highest BCUT2D eigenvalue weighted by atomic mass is 16.6. The van der Waals surface area contributed by atoms with E-state index in [1.165, 1.54) is 14.0 Å². The maximum atomic E-state index is 12.6. The van der Waals surface area contributed by atoms with Crippen LogP contribution in [-0.2, 0) is 28.6 Å². The summed E-state index contributed by atoms with van der Waals surface area (Å²) in [5, 5.41) is 0. The van der Waals surface area contributed by atoms with Crippen LogP contribution < -0.4 is 0 Å². The van der Waals surface area contributed by atoms with Crippen molar-refractivity contribution in [2.24, 2.45) is 17.3 Å². The van der Waals surface area contributed by atoms with Crippen LogP contribution >= 0.6 is 0 Å². The van der Waals surface area contributed by atoms with Crippen molar-refractivity contribution in [3.8, 4) is 0 Å². The zero-order chi connectivity index (χ0) is 15.8. The molecular formula is C16H20O6. The fourth-order valence-electron chi connectivity index (χ4n) is 6.04. The first-order chi connectivity index (χ1) is 10.4. The monoisotopic (exact) mass is 308 g/mol. The van der Waals surface area contributed by atoms with Gasteiger partial charge in [0.15, 0.2) is 0 Å². The number of esters is 3. The second-order valence-electron chi connectivity index (χ2n) is 7.35. The molecule has 1 heterocycles. The Labute approximate surface area is 128 Å². The van der Waals surface area contributed by atoms with Gasteiger partial charge in [-0.3, -0.25) is 14.4 Å². The van der Waals surface area contributed by atoms with Crippen molar-refractivity contribution in [3.63, 3.8) is 0 Å². The summed E-state index contributed by atoms with van der Waals surface area (Å²) in [6.45, 7) is 1.40. The molecule has 0 aromatic carbocycles. The molecule has 0 aromatic heterocycles. The van der Waals surface area contributed by atoms with E-state index in [1.807, 2.05) is 0 Å². The summed E-state index contributed by atoms with van der Waals surface area (Å²) in [7, 11) is 1.34. The van der Waals surface area contributed by atoms with Gasteiger partial charge in [0.1, 0.15) is 16.6 Å². The van der Waals surface area contributed by atoms with E-state index in [9.17, 15) is 14.4 Å². The van der Waals surface area contributed by atoms with Gasteiger partial charge < -0.3 is 14.2 Å². The molecule has 4 bridgehead atoms. The number of carbonyl (C=O) groups excluding carboxylic acids is 3. The molecule has 0 N–H and O–H groups in total. The molecule has 1 spiro atoms. The molecule has 5 rings (SSSR count). The Hall–Kier alpha value is -1.59. The van der Waals surface area contributed by atoms with Crippen molar-refractivity contribution in [2.45, 2.75) is 56.7 Å². The van der Waals surface area contributed by atoms with Crippen LogP contribution in [0.2, 0.25) is 0 Å². The van der Waals surface area contributed by atoms with Gasteiger partial charge in [0.05, 0.1) is 13.5 Å². The van der Waals surface area contributed by atoms with E-state index >= 15 is 0 Å². The molecule has 6 nitrogen and oxygen atoms in total. The van der Waals surface area contributed by atoms with Gasteiger partial charge in [-0.2, -0.15) is 0 Å². The lowest BCUT2D eigenvalue weighted by molar-refractivity contribution is -0.205. The van der Waals surface area contributed by atoms with Gasteiger partial charge in [0, 0.05) is 19.3 Å². The topological polar surface area (TPSA) is 78.9 Å². The van der Waals surface area contributed by atoms with E-state index in [0.717, 1.165) is 19.3 Å². The molecule has 0 aromatic rings. The molecule has 1 saturated heterocycles. The van der Waals surface area contributed by atoms with Crippen LogP contribution in [0.3, 0.4) is 0 Å². The molecule has 0 radical (unpaired) electrons. The third kappa shape index (κ3) is 1.39. The average Bonchev–Trinajstić information content (AvgIpc) is 2.77. The zero-order valence-electron chi connectivity index (χ0n) is 12.8. The molecule has 5 fully saturated rings. The van der Waals surface area contributed by atoms with E-state index in [-0.39, 0.29) is 24.3 Å². The van der Waals surface area contributed by atoms with Crippen LogP contribution in [0.5, 0.6) is 0 Å². The van der Waals surface area contributed by atoms with Gasteiger partial charge in [-0.1, -0.05) is 0 Å². The summed E-state index contributed by atoms with van der Waals surface area (Å²) >= 11 is 0. The summed E-state index contributed by atoms with van der Waals surface area (Å²) in [4.78, 5) is 36.3. The van der Waals surface area contributed by atoms with Crippen molar-refractivity contribution in [1.29, 1.82) is 0 Å². The Bertz CT molecular complexity index is 585. The highest BCUT2D eigenvalue weighted by molar-refractivity contribution is 5.90. The highest BCUT2D eigenvalue weighted by Crippen LogP contribution is 2.73. The van der Waals surface area contributed by atoms with Crippen LogP contribution in [0.25, 0.3) is 0 Å². The third-order valence-electron chi connectivity index (χ3n) is 6.36. The summed E-state index contributed by atoms with van der Waals surface area (Å²) in [5.41, 5.74) is -2.51. The molecule has 6 heteroatoms. The van der Waals surface area contributed by atoms with Crippen LogP contribution in [0.4, 0.5) is 0 Å². The van der Waals surface area contributed by atoms with Crippen LogP contribution in [-0.4, -0.2) is 36.2 Å². The number of carbonyl (C=O) groups is 3. The largest absolute Gasteiger partial charge is 0.468 e. The number of fused-ring (bicyclic) bond motifs is 1. The first-order valence-corrected chi connectivity index (χ1v) is 7.87. The van der Waals surface area contributed by atoms with Crippen molar-refractivity contribution in [1.82, 2.24) is 0 Å². The predicted molar refractivity (Wildman–Crippen MR) is 72.5 cm³/mol. The molecule has 4 saturated carbocycles. The van der Waals surface area contributed by atoms with Gasteiger partial charge in [-0.15, -0.1) is 0 Å². The number of methoxy groups -OCH3 is 1. The number of rotatable bonds is 2. The second kappa shape index (κ2) is 4.03. The quantitative estimate of drug-likeness (QED) is 0.566. The first-order valence-electron chi connectivity index (χ1n) is 7.87. The predicted octanol–water partition coefficient (Wildman–Crippen LogP) is 1.36. The van der Waals surface area contributed by atoms with E-state index in [4.69, 9.17) is 14.2 Å². The fraction of sp³-hybridized carbons (Fsp3) is 0.812. The molecule has 0 unspecified atom stereocenters. The standard InChI is InChI=1S/C16H20O6/c1-9(17)21-15-5-10-3-4-11(15)16(6-10)14(8-15,13(19)20-2)7-12(18)22-16/h10-11H,3-8H2,1-2H3/t10-,11+,14+,15-,16-/m1/s1. The second-order valence-corrected chi connectivity index (χ2v) is 7.35. The Balaban J connectivity index is 1.87. The normalized spacial score (nSPS) is 47.8. The SMILES string of the molecule is COC(=O)[C@@]12CC(=O)O[C@@]13C[C@@H]1CC[C@H]3[C@@](OC(C)=O)(C1)C2. The Morgan fingerprint density at radius 2 is 2.05 bits per heavy atom. The first kappa shape index (κ1) is 14.0. The van der Waals surface area contributed by atoms with Gasteiger partial charge >= 0.3 is 17.9 Å². The van der Waals surface area contributed by atoms with Gasteiger partial charge in [-0.25, -0.2) is 0 Å². The lowest BCUT2D eigenvalue weighted by atomic mass is 9.57. The fourth-order valence-corrected chi connectivity index (χ4v) is 6.04. The lowest BCUT2D eigenvalue weighted by Crippen LogP contribution is -2.59. The summed E-state index contributed by atoms with van der Waals surface area (Å²) < 4.78 is 16.6. The van der Waals surface area contributed by atoms with E-state index in [1.54, 1.807) is 0 Å². The minimum Gasteiger partial charge on any atom is -0.468 e. The average molecular weight is 308 g/mol. The van der Waals surface area contributed by atoms with Crippen molar-refractivity contribution in [2.75, 3.05) is 7.11 Å². The van der Waals surface area contributed by atoms with Gasteiger partial charge in [0.25, 0.3) is 0 Å². The van der Waals surface area contributed by atoms with Crippen LogP contribution in [0, 0.1) is 17.3 Å². The third-order valence-corrected chi connectivity index (χ3v) is 6.36. The Morgan fingerprint density at radius 3 is 2.68 bits per heavy atom. The molecule has 0 amide bonds. The summed E-state index contributed by atoms with van der Waals surface area (Å²) in [6.07, 6.45) is 3.68. The zero-order valence-corrected chi connectivity index (χ0v) is 12.8. The van der Waals surface area contributed by atoms with Gasteiger partial charge in [0.2, 0.25) is 0 Å². The lowest BCUT2D eigenvalue weighted by Gasteiger charge is -2.53. The van der Waals surface area contributed by atoms with E-state index in [0.29, 0.717) is 18.8 Å². The molecule has 120 valence electrons. The maximum Gasteiger partial charge on any atom is 0.316 e. The highest BCUT2D eigenvalue weighted by Gasteiger charge is 2.82. The number of hydrogen-bond acceptors (Lipinski definition) is 6. The minimum atomic E-state index is -0.992. The van der Waals surface area contributed by atoms with Crippen molar-refractivity contribution < 1.29 is 28.6 Å². The molecule has 4 aliphatic carbocycles. The van der Waals surface area contributed by atoms with Crippen LogP contribution in [0.15, 0.2) is 0 Å². The Morgan fingerprint density at radius 1 is 1.27 bits per heavy atom. The molecule has 1 aliphatic heterocycles. The molecular weight excluding hydrogens is 288 g/mol. The van der Waals surface area contributed by atoms with Crippen LogP contribution in [0.1, 0.15) is 45.4 Å². The van der Waals surface area contributed by atoms with Crippen molar-refractivity contribution in [3.05, 3.63) is 0 Å². The van der Waals surface area contributed by atoms with Crippen molar-refractivity contribution >= 4 is 17.9 Å².